The van der Waals surface area contributed by atoms with Gasteiger partial charge in [0.25, 0.3) is 0 Å². The SMILES string of the molecule is FC(F)Oc1ccc(-c2nnc(NC3CCCOC3)n3cccc23)c(OC(F)(F)F)c1. The average Bonchev–Trinajstić information content (AvgIpc) is 3.18. The molecule has 0 bridgehead atoms. The smallest absolute Gasteiger partial charge is 0.435 e. The van der Waals surface area contributed by atoms with Gasteiger partial charge in [-0.15, -0.1) is 23.4 Å². The largest absolute Gasteiger partial charge is 0.573 e. The van der Waals surface area contributed by atoms with Crippen molar-refractivity contribution in [2.24, 2.45) is 0 Å². The lowest BCUT2D eigenvalue weighted by molar-refractivity contribution is -0.274. The minimum absolute atomic E-state index is 0.0226. The molecule has 1 saturated heterocycles. The number of halogens is 5. The fraction of sp³-hybridized carbons (Fsp3) is 0.368. The molecule has 166 valence electrons. The summed E-state index contributed by atoms with van der Waals surface area (Å²) in [5.41, 5.74) is 0.449. The maximum atomic E-state index is 12.9. The first kappa shape index (κ1) is 21.1. The van der Waals surface area contributed by atoms with E-state index >= 15 is 0 Å². The van der Waals surface area contributed by atoms with Gasteiger partial charge in [0.15, 0.2) is 0 Å². The monoisotopic (exact) mass is 444 g/mol. The van der Waals surface area contributed by atoms with Crippen LogP contribution in [-0.2, 0) is 4.74 Å². The van der Waals surface area contributed by atoms with Gasteiger partial charge in [0.05, 0.1) is 18.2 Å². The molecule has 0 spiro atoms. The predicted octanol–water partition coefficient (Wildman–Crippen LogP) is 4.49. The fourth-order valence-corrected chi connectivity index (χ4v) is 3.37. The lowest BCUT2D eigenvalue weighted by Crippen LogP contribution is -2.31. The van der Waals surface area contributed by atoms with Crippen molar-refractivity contribution in [3.8, 4) is 22.8 Å². The highest BCUT2D eigenvalue weighted by Crippen LogP contribution is 2.38. The molecular weight excluding hydrogens is 427 g/mol. The van der Waals surface area contributed by atoms with Crippen LogP contribution in [0.25, 0.3) is 16.8 Å². The van der Waals surface area contributed by atoms with E-state index in [2.05, 4.69) is 25.0 Å². The summed E-state index contributed by atoms with van der Waals surface area (Å²) in [6.45, 7) is -2.01. The van der Waals surface area contributed by atoms with Gasteiger partial charge < -0.3 is 19.5 Å². The number of alkyl halides is 5. The van der Waals surface area contributed by atoms with Gasteiger partial charge in [-0.2, -0.15) is 8.78 Å². The second-order valence-corrected chi connectivity index (χ2v) is 6.78. The average molecular weight is 444 g/mol. The van der Waals surface area contributed by atoms with E-state index in [1.807, 2.05) is 0 Å². The summed E-state index contributed by atoms with van der Waals surface area (Å²) < 4.78 is 79.1. The van der Waals surface area contributed by atoms with E-state index in [-0.39, 0.29) is 17.3 Å². The molecule has 0 saturated carbocycles. The van der Waals surface area contributed by atoms with Crippen LogP contribution in [0.15, 0.2) is 36.5 Å². The van der Waals surface area contributed by atoms with Crippen molar-refractivity contribution in [2.45, 2.75) is 31.9 Å². The number of hydrogen-bond acceptors (Lipinski definition) is 6. The predicted molar refractivity (Wildman–Crippen MR) is 99.2 cm³/mol. The molecular formula is C19H17F5N4O3. The molecule has 12 heteroatoms. The van der Waals surface area contributed by atoms with E-state index in [0.717, 1.165) is 31.0 Å². The summed E-state index contributed by atoms with van der Waals surface area (Å²) in [6, 6.07) is 6.36. The van der Waals surface area contributed by atoms with E-state index in [0.29, 0.717) is 24.7 Å². The van der Waals surface area contributed by atoms with Gasteiger partial charge in [0, 0.05) is 24.4 Å². The molecule has 1 fully saturated rings. The van der Waals surface area contributed by atoms with Crippen LogP contribution >= 0.6 is 0 Å². The molecule has 1 N–H and O–H groups in total. The Hall–Kier alpha value is -3.15. The van der Waals surface area contributed by atoms with E-state index in [4.69, 9.17) is 4.74 Å². The van der Waals surface area contributed by atoms with Crippen molar-refractivity contribution in [1.29, 1.82) is 0 Å². The van der Waals surface area contributed by atoms with Gasteiger partial charge >= 0.3 is 13.0 Å². The third-order valence-corrected chi connectivity index (χ3v) is 4.62. The molecule has 3 heterocycles. The summed E-state index contributed by atoms with van der Waals surface area (Å²) in [5.74, 6) is -0.812. The molecule has 4 rings (SSSR count). The van der Waals surface area contributed by atoms with Crippen LogP contribution in [0.4, 0.5) is 27.9 Å². The zero-order chi connectivity index (χ0) is 22.0. The van der Waals surface area contributed by atoms with Gasteiger partial charge in [-0.3, -0.25) is 4.40 Å². The molecule has 31 heavy (non-hydrogen) atoms. The molecule has 1 unspecified atom stereocenters. The van der Waals surface area contributed by atoms with Gasteiger partial charge in [-0.25, -0.2) is 0 Å². The van der Waals surface area contributed by atoms with E-state index < -0.39 is 24.5 Å². The normalized spacial score (nSPS) is 17.2. The fourth-order valence-electron chi connectivity index (χ4n) is 3.37. The molecule has 1 aliphatic heterocycles. The first-order valence-corrected chi connectivity index (χ1v) is 9.33. The number of fused-ring (bicyclic) bond motifs is 1. The number of rotatable bonds is 6. The summed E-state index contributed by atoms with van der Waals surface area (Å²) in [4.78, 5) is 0. The van der Waals surface area contributed by atoms with Crippen molar-refractivity contribution < 1.29 is 36.2 Å². The first-order valence-electron chi connectivity index (χ1n) is 9.33. The van der Waals surface area contributed by atoms with Crippen LogP contribution in [0, 0.1) is 0 Å². The maximum absolute atomic E-state index is 12.9. The maximum Gasteiger partial charge on any atom is 0.573 e. The van der Waals surface area contributed by atoms with Crippen LogP contribution in [0.3, 0.4) is 0 Å². The summed E-state index contributed by atoms with van der Waals surface area (Å²) in [6.07, 6.45) is -1.60. The van der Waals surface area contributed by atoms with Crippen LogP contribution in [0.2, 0.25) is 0 Å². The Kier molecular flexibility index (Phi) is 5.81. The highest BCUT2D eigenvalue weighted by Gasteiger charge is 2.33. The minimum atomic E-state index is -5.05. The third-order valence-electron chi connectivity index (χ3n) is 4.62. The molecule has 2 aromatic heterocycles. The molecule has 1 aliphatic rings. The van der Waals surface area contributed by atoms with Gasteiger partial charge in [-0.1, -0.05) is 0 Å². The Morgan fingerprint density at radius 1 is 1.19 bits per heavy atom. The molecule has 1 aromatic carbocycles. The van der Waals surface area contributed by atoms with E-state index in [9.17, 15) is 22.0 Å². The van der Waals surface area contributed by atoms with Gasteiger partial charge in [-0.05, 0) is 37.1 Å². The van der Waals surface area contributed by atoms with Crippen molar-refractivity contribution in [3.63, 3.8) is 0 Å². The van der Waals surface area contributed by atoms with Gasteiger partial charge in [0.2, 0.25) is 5.95 Å². The number of anilines is 1. The Bertz CT molecular complexity index is 1050. The highest BCUT2D eigenvalue weighted by atomic mass is 19.4. The van der Waals surface area contributed by atoms with Crippen LogP contribution in [0.1, 0.15) is 12.8 Å². The Morgan fingerprint density at radius 2 is 2.03 bits per heavy atom. The van der Waals surface area contributed by atoms with Crippen molar-refractivity contribution in [3.05, 3.63) is 36.5 Å². The number of benzene rings is 1. The second-order valence-electron chi connectivity index (χ2n) is 6.78. The molecule has 3 aromatic rings. The number of nitrogens with zero attached hydrogens (tertiary/aromatic N) is 3. The van der Waals surface area contributed by atoms with Crippen LogP contribution < -0.4 is 14.8 Å². The van der Waals surface area contributed by atoms with Crippen molar-refractivity contribution in [1.82, 2.24) is 14.6 Å². The standard InChI is InChI=1S/C19H17F5N4O3/c20-17(21)30-12-5-6-13(15(9-12)31-19(22,23)24)16-14-4-1-7-28(14)18(27-26-16)25-11-3-2-8-29-10-11/h1,4-7,9,11,17H,2-3,8,10H2,(H,25,27). The van der Waals surface area contributed by atoms with Crippen LogP contribution in [-0.4, -0.2) is 46.8 Å². The highest BCUT2D eigenvalue weighted by molar-refractivity contribution is 5.81. The Balaban J connectivity index is 1.74. The number of nitrogens with one attached hydrogen (secondary N) is 1. The molecule has 1 atom stereocenters. The Morgan fingerprint density at radius 3 is 2.74 bits per heavy atom. The number of aromatic nitrogens is 3. The number of ether oxygens (including phenoxy) is 3. The molecule has 0 amide bonds. The second kappa shape index (κ2) is 8.53. The molecule has 7 nitrogen and oxygen atoms in total. The quantitative estimate of drug-likeness (QED) is 0.566. The Labute approximate surface area is 172 Å². The van der Waals surface area contributed by atoms with E-state index in [1.165, 1.54) is 0 Å². The topological polar surface area (TPSA) is 69.9 Å². The lowest BCUT2D eigenvalue weighted by Gasteiger charge is -2.24. The van der Waals surface area contributed by atoms with Crippen LogP contribution in [0.5, 0.6) is 11.5 Å². The lowest BCUT2D eigenvalue weighted by atomic mass is 10.1. The first-order chi connectivity index (χ1) is 14.8. The minimum Gasteiger partial charge on any atom is -0.435 e. The molecule has 0 radical (unpaired) electrons. The molecule has 0 aliphatic carbocycles. The zero-order valence-corrected chi connectivity index (χ0v) is 15.9. The van der Waals surface area contributed by atoms with Gasteiger partial charge in [0.1, 0.15) is 17.2 Å². The van der Waals surface area contributed by atoms with Crippen molar-refractivity contribution >= 4 is 11.5 Å². The van der Waals surface area contributed by atoms with Crippen molar-refractivity contribution in [2.75, 3.05) is 18.5 Å². The third kappa shape index (κ3) is 4.95. The van der Waals surface area contributed by atoms with E-state index in [1.54, 1.807) is 22.7 Å². The number of hydrogen-bond donors (Lipinski definition) is 1. The summed E-state index contributed by atoms with van der Waals surface area (Å²) >= 11 is 0. The zero-order valence-electron chi connectivity index (χ0n) is 15.9. The summed E-state index contributed by atoms with van der Waals surface area (Å²) in [5, 5.41) is 11.4. The summed E-state index contributed by atoms with van der Waals surface area (Å²) in [7, 11) is 0.